The van der Waals surface area contributed by atoms with Crippen molar-refractivity contribution in [2.75, 3.05) is 19.7 Å². The van der Waals surface area contributed by atoms with Gasteiger partial charge in [0, 0.05) is 12.6 Å². The Morgan fingerprint density at radius 2 is 2.32 bits per heavy atom. The molecule has 1 aromatic carbocycles. The number of hydrogen-bond acceptors (Lipinski definition) is 4. The average molecular weight is 304 g/mol. The molecule has 2 heterocycles. The lowest BCUT2D eigenvalue weighted by atomic mass is 10.0. The van der Waals surface area contributed by atoms with E-state index in [4.69, 9.17) is 9.26 Å². The van der Waals surface area contributed by atoms with Crippen LogP contribution < -0.4 is 0 Å². The molecule has 6 heteroatoms. The Hall–Kier alpha value is -2.21. The van der Waals surface area contributed by atoms with Crippen molar-refractivity contribution in [1.29, 1.82) is 0 Å². The summed E-state index contributed by atoms with van der Waals surface area (Å²) in [5, 5.41) is 3.75. The van der Waals surface area contributed by atoms with Crippen LogP contribution in [0.1, 0.15) is 22.9 Å². The third-order valence-corrected chi connectivity index (χ3v) is 3.80. The number of hydrogen-bond donors (Lipinski definition) is 0. The SMILES string of the molecule is Cc1cc([C@H]2CN(C(=O)Cc3ccon3)CCO2)ccc1F. The molecular formula is C16H17FN2O3. The molecule has 0 radical (unpaired) electrons. The second-order valence-electron chi connectivity index (χ2n) is 5.38. The van der Waals surface area contributed by atoms with E-state index in [-0.39, 0.29) is 24.2 Å². The van der Waals surface area contributed by atoms with Crippen LogP contribution in [0.4, 0.5) is 4.39 Å². The van der Waals surface area contributed by atoms with Gasteiger partial charge in [0.25, 0.3) is 0 Å². The van der Waals surface area contributed by atoms with Gasteiger partial charge in [0.2, 0.25) is 5.91 Å². The molecule has 0 aliphatic carbocycles. The van der Waals surface area contributed by atoms with Gasteiger partial charge in [-0.15, -0.1) is 0 Å². The standard InChI is InChI=1S/C16H17FN2O3/c1-11-8-12(2-3-14(11)17)15-10-19(5-7-21-15)16(20)9-13-4-6-22-18-13/h2-4,6,8,15H,5,7,9-10H2,1H3/t15-/m1/s1. The maximum Gasteiger partial charge on any atom is 0.228 e. The fraction of sp³-hybridized carbons (Fsp3) is 0.375. The molecule has 1 amide bonds. The summed E-state index contributed by atoms with van der Waals surface area (Å²) in [5.41, 5.74) is 2.08. The van der Waals surface area contributed by atoms with Gasteiger partial charge < -0.3 is 14.2 Å². The zero-order chi connectivity index (χ0) is 15.5. The number of rotatable bonds is 3. The fourth-order valence-electron chi connectivity index (χ4n) is 2.54. The molecular weight excluding hydrogens is 287 g/mol. The van der Waals surface area contributed by atoms with Gasteiger partial charge in [-0.1, -0.05) is 17.3 Å². The second-order valence-corrected chi connectivity index (χ2v) is 5.38. The van der Waals surface area contributed by atoms with Gasteiger partial charge in [-0.3, -0.25) is 4.79 Å². The average Bonchev–Trinajstić information content (AvgIpc) is 3.03. The molecule has 22 heavy (non-hydrogen) atoms. The topological polar surface area (TPSA) is 55.6 Å². The van der Waals surface area contributed by atoms with Crippen LogP contribution in [0.5, 0.6) is 0 Å². The molecule has 1 aliphatic heterocycles. The van der Waals surface area contributed by atoms with Crippen molar-refractivity contribution in [1.82, 2.24) is 10.1 Å². The Bertz CT molecular complexity index is 657. The number of carbonyl (C=O) groups excluding carboxylic acids is 1. The molecule has 1 fully saturated rings. The highest BCUT2D eigenvalue weighted by Crippen LogP contribution is 2.24. The number of morpholine rings is 1. The van der Waals surface area contributed by atoms with E-state index in [1.165, 1.54) is 12.3 Å². The van der Waals surface area contributed by atoms with E-state index in [0.717, 1.165) is 5.56 Å². The summed E-state index contributed by atoms with van der Waals surface area (Å²) in [6.07, 6.45) is 1.44. The molecule has 5 nitrogen and oxygen atoms in total. The Labute approximate surface area is 127 Å². The zero-order valence-corrected chi connectivity index (χ0v) is 12.3. The monoisotopic (exact) mass is 304 g/mol. The van der Waals surface area contributed by atoms with Crippen LogP contribution in [0.25, 0.3) is 0 Å². The minimum Gasteiger partial charge on any atom is -0.370 e. The van der Waals surface area contributed by atoms with E-state index in [1.54, 1.807) is 30.0 Å². The van der Waals surface area contributed by atoms with E-state index < -0.39 is 0 Å². The number of aromatic nitrogens is 1. The molecule has 3 rings (SSSR count). The molecule has 0 spiro atoms. The van der Waals surface area contributed by atoms with Crippen molar-refractivity contribution in [3.8, 4) is 0 Å². The third kappa shape index (κ3) is 3.17. The van der Waals surface area contributed by atoms with Crippen molar-refractivity contribution in [2.45, 2.75) is 19.4 Å². The molecule has 0 bridgehead atoms. The molecule has 0 saturated carbocycles. The van der Waals surface area contributed by atoms with Gasteiger partial charge in [0.1, 0.15) is 18.2 Å². The maximum atomic E-state index is 13.4. The lowest BCUT2D eigenvalue weighted by Gasteiger charge is -2.33. The van der Waals surface area contributed by atoms with Crippen LogP contribution in [0.3, 0.4) is 0 Å². The molecule has 1 saturated heterocycles. The van der Waals surface area contributed by atoms with Crippen LogP contribution >= 0.6 is 0 Å². The maximum absolute atomic E-state index is 13.4. The summed E-state index contributed by atoms with van der Waals surface area (Å²) in [6.45, 7) is 3.19. The van der Waals surface area contributed by atoms with Gasteiger partial charge in [-0.05, 0) is 24.1 Å². The Balaban J connectivity index is 1.68. The fourth-order valence-corrected chi connectivity index (χ4v) is 2.54. The summed E-state index contributed by atoms with van der Waals surface area (Å²) >= 11 is 0. The molecule has 1 aliphatic rings. The minimum atomic E-state index is -0.237. The van der Waals surface area contributed by atoms with Crippen LogP contribution in [0.2, 0.25) is 0 Å². The van der Waals surface area contributed by atoms with Crippen molar-refractivity contribution in [3.63, 3.8) is 0 Å². The Morgan fingerprint density at radius 1 is 1.45 bits per heavy atom. The summed E-state index contributed by atoms with van der Waals surface area (Å²) in [5.74, 6) is -0.250. The zero-order valence-electron chi connectivity index (χ0n) is 12.3. The normalized spacial score (nSPS) is 18.5. The van der Waals surface area contributed by atoms with Gasteiger partial charge in [-0.25, -0.2) is 4.39 Å². The lowest BCUT2D eigenvalue weighted by Crippen LogP contribution is -2.43. The van der Waals surface area contributed by atoms with Crippen LogP contribution in [0.15, 0.2) is 35.1 Å². The van der Waals surface area contributed by atoms with Crippen LogP contribution in [-0.4, -0.2) is 35.7 Å². The summed E-state index contributed by atoms with van der Waals surface area (Å²) in [7, 11) is 0. The van der Waals surface area contributed by atoms with Crippen molar-refractivity contribution in [2.24, 2.45) is 0 Å². The van der Waals surface area contributed by atoms with E-state index in [1.807, 2.05) is 0 Å². The highest BCUT2D eigenvalue weighted by atomic mass is 19.1. The largest absolute Gasteiger partial charge is 0.370 e. The van der Waals surface area contributed by atoms with Crippen LogP contribution in [0, 0.1) is 12.7 Å². The number of halogens is 1. The van der Waals surface area contributed by atoms with Crippen molar-refractivity contribution in [3.05, 3.63) is 53.2 Å². The Kier molecular flexibility index (Phi) is 4.20. The molecule has 116 valence electrons. The summed E-state index contributed by atoms with van der Waals surface area (Å²) in [6, 6.07) is 6.59. The number of amides is 1. The first kappa shape index (κ1) is 14.7. The first-order valence-corrected chi connectivity index (χ1v) is 7.18. The minimum absolute atomic E-state index is 0.0129. The predicted octanol–water partition coefficient (Wildman–Crippen LogP) is 2.26. The summed E-state index contributed by atoms with van der Waals surface area (Å²) < 4.78 is 23.8. The number of aryl methyl sites for hydroxylation is 1. The number of carbonyl (C=O) groups is 1. The molecule has 2 aromatic rings. The van der Waals surface area contributed by atoms with E-state index in [0.29, 0.717) is 31.0 Å². The van der Waals surface area contributed by atoms with E-state index in [2.05, 4.69) is 5.16 Å². The molecule has 0 unspecified atom stereocenters. The summed E-state index contributed by atoms with van der Waals surface area (Å²) in [4.78, 5) is 14.0. The van der Waals surface area contributed by atoms with Gasteiger partial charge >= 0.3 is 0 Å². The highest BCUT2D eigenvalue weighted by Gasteiger charge is 2.26. The lowest BCUT2D eigenvalue weighted by molar-refractivity contribution is -0.138. The first-order chi connectivity index (χ1) is 10.6. The molecule has 1 atom stereocenters. The van der Waals surface area contributed by atoms with E-state index in [9.17, 15) is 9.18 Å². The third-order valence-electron chi connectivity index (χ3n) is 3.80. The number of benzene rings is 1. The van der Waals surface area contributed by atoms with Crippen molar-refractivity contribution < 1.29 is 18.4 Å². The highest BCUT2D eigenvalue weighted by molar-refractivity contribution is 5.78. The van der Waals surface area contributed by atoms with Gasteiger partial charge in [-0.2, -0.15) is 0 Å². The second kappa shape index (κ2) is 6.27. The van der Waals surface area contributed by atoms with Gasteiger partial charge in [0.05, 0.1) is 25.3 Å². The number of ether oxygens (including phenoxy) is 1. The molecule has 1 aromatic heterocycles. The first-order valence-electron chi connectivity index (χ1n) is 7.18. The Morgan fingerprint density at radius 3 is 3.05 bits per heavy atom. The predicted molar refractivity (Wildman–Crippen MR) is 76.6 cm³/mol. The van der Waals surface area contributed by atoms with E-state index >= 15 is 0 Å². The van der Waals surface area contributed by atoms with Gasteiger partial charge in [0.15, 0.2) is 0 Å². The molecule has 0 N–H and O–H groups in total. The van der Waals surface area contributed by atoms with Crippen molar-refractivity contribution >= 4 is 5.91 Å². The smallest absolute Gasteiger partial charge is 0.228 e. The number of nitrogens with zero attached hydrogens (tertiary/aromatic N) is 2. The quantitative estimate of drug-likeness (QED) is 0.873. The van der Waals surface area contributed by atoms with Crippen LogP contribution in [-0.2, 0) is 16.0 Å².